The molecule has 0 saturated carbocycles. The van der Waals surface area contributed by atoms with E-state index in [1.54, 1.807) is 13.1 Å². The van der Waals surface area contributed by atoms with Crippen LogP contribution < -0.4 is 19.1 Å². The van der Waals surface area contributed by atoms with Gasteiger partial charge >= 0.3 is 0 Å². The molecule has 4 aromatic rings. The molecule has 0 radical (unpaired) electrons. The molecule has 0 unspecified atom stereocenters. The predicted molar refractivity (Wildman–Crippen MR) is 163 cm³/mol. The summed E-state index contributed by atoms with van der Waals surface area (Å²) in [6, 6.07) is 17.0. The van der Waals surface area contributed by atoms with Crippen LogP contribution in [-0.4, -0.2) is 72.9 Å². The summed E-state index contributed by atoms with van der Waals surface area (Å²) in [6.45, 7) is 8.86. The van der Waals surface area contributed by atoms with E-state index in [0.29, 0.717) is 29.7 Å². The number of aromatic nitrogens is 4. The van der Waals surface area contributed by atoms with Crippen LogP contribution in [0.25, 0.3) is 11.3 Å². The summed E-state index contributed by atoms with van der Waals surface area (Å²) < 4.78 is 42.1. The molecule has 222 valence electrons. The van der Waals surface area contributed by atoms with Crippen LogP contribution in [0.3, 0.4) is 0 Å². The lowest BCUT2D eigenvalue weighted by atomic mass is 10.1. The Morgan fingerprint density at radius 2 is 1.71 bits per heavy atom. The van der Waals surface area contributed by atoms with Crippen molar-refractivity contribution in [2.45, 2.75) is 25.2 Å². The summed E-state index contributed by atoms with van der Waals surface area (Å²) in [4.78, 5) is 13.6. The van der Waals surface area contributed by atoms with Crippen LogP contribution in [-0.2, 0) is 17.1 Å². The Kier molecular flexibility index (Phi) is 8.93. The zero-order valence-corrected chi connectivity index (χ0v) is 25.2. The second-order valence-corrected chi connectivity index (χ2v) is 12.5. The van der Waals surface area contributed by atoms with E-state index in [4.69, 9.17) is 9.47 Å². The first-order valence-electron chi connectivity index (χ1n) is 14.0. The van der Waals surface area contributed by atoms with Crippen molar-refractivity contribution in [3.63, 3.8) is 0 Å². The Morgan fingerprint density at radius 1 is 0.952 bits per heavy atom. The van der Waals surface area contributed by atoms with Crippen molar-refractivity contribution in [2.75, 3.05) is 49.5 Å². The fraction of sp³-hybridized carbons (Fsp3) is 0.367. The normalized spacial score (nSPS) is 14.3. The number of rotatable bonds is 11. The van der Waals surface area contributed by atoms with Gasteiger partial charge in [0.2, 0.25) is 11.8 Å². The Balaban J connectivity index is 1.42. The van der Waals surface area contributed by atoms with Crippen molar-refractivity contribution in [3.05, 3.63) is 67.0 Å². The number of likely N-dealkylation sites (N-methyl/N-ethyl adjacent to an activating group) is 1. The van der Waals surface area contributed by atoms with Crippen LogP contribution in [0.5, 0.6) is 17.4 Å². The number of ether oxygens (including phenoxy) is 2. The average Bonchev–Trinajstić information content (AvgIpc) is 3.41. The maximum atomic E-state index is 13.1. The van der Waals surface area contributed by atoms with E-state index in [2.05, 4.69) is 50.5 Å². The lowest BCUT2D eigenvalue weighted by Crippen LogP contribution is -2.44. The smallest absolute Gasteiger partial charge is 0.267 e. The molecule has 1 aliphatic rings. The molecule has 2 aromatic carbocycles. The molecule has 2 aromatic heterocycles. The van der Waals surface area contributed by atoms with Crippen LogP contribution in [0.1, 0.15) is 20.3 Å². The predicted octanol–water partition coefficient (Wildman–Crippen LogP) is 4.65. The minimum absolute atomic E-state index is 0.00140. The molecule has 3 heterocycles. The molecular formula is C30H37N7O4S. The lowest BCUT2D eigenvalue weighted by molar-refractivity contribution is 0.289. The topological polar surface area (TPSA) is 115 Å². The molecule has 0 spiro atoms. The van der Waals surface area contributed by atoms with Gasteiger partial charge in [-0.15, -0.1) is 0 Å². The molecule has 0 amide bonds. The van der Waals surface area contributed by atoms with Crippen LogP contribution in [0, 0.1) is 5.92 Å². The first kappa shape index (κ1) is 29.3. The van der Waals surface area contributed by atoms with Gasteiger partial charge in [0.1, 0.15) is 16.4 Å². The average molecular weight is 592 g/mol. The molecule has 11 nitrogen and oxygen atoms in total. The highest BCUT2D eigenvalue weighted by molar-refractivity contribution is 7.92. The Hall–Kier alpha value is -4.16. The zero-order valence-electron chi connectivity index (χ0n) is 24.4. The molecule has 1 fully saturated rings. The van der Waals surface area contributed by atoms with Gasteiger partial charge in [0.05, 0.1) is 18.5 Å². The number of nitrogens with one attached hydrogen (secondary N) is 1. The summed E-state index contributed by atoms with van der Waals surface area (Å²) in [5, 5.41) is 3.96. The van der Waals surface area contributed by atoms with Gasteiger partial charge in [0, 0.05) is 56.7 Å². The Labute approximate surface area is 247 Å². The van der Waals surface area contributed by atoms with Crippen molar-refractivity contribution in [1.82, 2.24) is 24.6 Å². The highest BCUT2D eigenvalue weighted by Crippen LogP contribution is 2.30. The monoisotopic (exact) mass is 591 g/mol. The molecule has 5 rings (SSSR count). The second kappa shape index (κ2) is 12.8. The number of anilines is 2. The number of sulfonamides is 1. The van der Waals surface area contributed by atoms with E-state index in [1.807, 2.05) is 48.5 Å². The third-order valence-corrected chi connectivity index (χ3v) is 8.22. The summed E-state index contributed by atoms with van der Waals surface area (Å²) >= 11 is 0. The van der Waals surface area contributed by atoms with Crippen LogP contribution in [0.2, 0.25) is 0 Å². The molecular weight excluding hydrogens is 554 g/mol. The van der Waals surface area contributed by atoms with E-state index in [9.17, 15) is 8.42 Å². The maximum absolute atomic E-state index is 13.1. The van der Waals surface area contributed by atoms with Gasteiger partial charge in [-0.1, -0.05) is 26.0 Å². The SMILES string of the molecule is CC(C)CCOc1cccc(-c2cc(Oc3ccc(N4CCN(C)CC4)cc3)nc(NS(=O)(=O)c3cnn(C)c3)n2)c1. The summed E-state index contributed by atoms with van der Waals surface area (Å²) in [6.07, 6.45) is 3.61. The molecule has 0 aliphatic carbocycles. The highest BCUT2D eigenvalue weighted by atomic mass is 32.2. The van der Waals surface area contributed by atoms with Gasteiger partial charge < -0.3 is 19.3 Å². The zero-order chi connectivity index (χ0) is 29.7. The van der Waals surface area contributed by atoms with E-state index >= 15 is 0 Å². The van der Waals surface area contributed by atoms with Crippen molar-refractivity contribution in [1.29, 1.82) is 0 Å². The number of benzene rings is 2. The van der Waals surface area contributed by atoms with Gasteiger partial charge in [-0.25, -0.2) is 18.1 Å². The number of hydrogen-bond donors (Lipinski definition) is 1. The Bertz CT molecular complexity index is 1600. The first-order valence-corrected chi connectivity index (χ1v) is 15.5. The van der Waals surface area contributed by atoms with Gasteiger partial charge in [-0.3, -0.25) is 4.68 Å². The third kappa shape index (κ3) is 7.56. The van der Waals surface area contributed by atoms with Crippen LogP contribution in [0.4, 0.5) is 11.6 Å². The van der Waals surface area contributed by atoms with Gasteiger partial charge in [-0.2, -0.15) is 10.1 Å². The molecule has 12 heteroatoms. The summed E-state index contributed by atoms with van der Waals surface area (Å²) in [5.74, 6) is 1.88. The number of aryl methyl sites for hydroxylation is 1. The molecule has 1 N–H and O–H groups in total. The quantitative estimate of drug-likeness (QED) is 0.266. The molecule has 0 atom stereocenters. The standard InChI is InChI=1S/C30H37N7O4S/c1-22(2)12-17-40-26-7-5-6-23(18-26)28-19-29(33-30(32-28)34-42(38,39)27-20-31-36(4)21-27)41-25-10-8-24(9-11-25)37-15-13-35(3)14-16-37/h5-11,18-22H,12-17H2,1-4H3,(H,32,33,34). The van der Waals surface area contributed by atoms with Gasteiger partial charge in [0.25, 0.3) is 10.0 Å². The van der Waals surface area contributed by atoms with Crippen molar-refractivity contribution >= 4 is 21.7 Å². The minimum Gasteiger partial charge on any atom is -0.494 e. The van der Waals surface area contributed by atoms with Gasteiger partial charge in [0.15, 0.2) is 0 Å². The second-order valence-electron chi connectivity index (χ2n) is 10.8. The first-order chi connectivity index (χ1) is 20.1. The molecule has 42 heavy (non-hydrogen) atoms. The summed E-state index contributed by atoms with van der Waals surface area (Å²) in [5.41, 5.74) is 2.34. The van der Waals surface area contributed by atoms with Crippen molar-refractivity contribution < 1.29 is 17.9 Å². The van der Waals surface area contributed by atoms with E-state index in [0.717, 1.165) is 43.9 Å². The lowest BCUT2D eigenvalue weighted by Gasteiger charge is -2.34. The maximum Gasteiger partial charge on any atom is 0.267 e. The Morgan fingerprint density at radius 3 is 2.40 bits per heavy atom. The molecule has 1 saturated heterocycles. The van der Waals surface area contributed by atoms with Crippen molar-refractivity contribution in [2.24, 2.45) is 13.0 Å². The van der Waals surface area contributed by atoms with Crippen LogP contribution in [0.15, 0.2) is 71.9 Å². The number of nitrogens with zero attached hydrogens (tertiary/aromatic N) is 6. The summed E-state index contributed by atoms with van der Waals surface area (Å²) in [7, 11) is -0.202. The largest absolute Gasteiger partial charge is 0.494 e. The van der Waals surface area contributed by atoms with E-state index in [-0.39, 0.29) is 16.7 Å². The number of piperazine rings is 1. The third-order valence-electron chi connectivity index (χ3n) is 6.94. The fourth-order valence-corrected chi connectivity index (χ4v) is 5.38. The van der Waals surface area contributed by atoms with E-state index < -0.39 is 10.0 Å². The highest BCUT2D eigenvalue weighted by Gasteiger charge is 2.20. The fourth-order valence-electron chi connectivity index (χ4n) is 4.46. The van der Waals surface area contributed by atoms with Crippen LogP contribution >= 0.6 is 0 Å². The molecule has 0 bridgehead atoms. The number of hydrogen-bond acceptors (Lipinski definition) is 9. The minimum atomic E-state index is -3.98. The molecule has 1 aliphatic heterocycles. The van der Waals surface area contributed by atoms with E-state index in [1.165, 1.54) is 17.1 Å². The van der Waals surface area contributed by atoms with Crippen molar-refractivity contribution in [3.8, 4) is 28.6 Å². The van der Waals surface area contributed by atoms with Gasteiger partial charge in [-0.05, 0) is 55.8 Å².